The minimum atomic E-state index is -3.37. The van der Waals surface area contributed by atoms with Crippen molar-refractivity contribution in [3.05, 3.63) is 17.0 Å². The molecule has 0 saturated heterocycles. The molecule has 5 nitrogen and oxygen atoms in total. The highest BCUT2D eigenvalue weighted by molar-refractivity contribution is 7.91. The van der Waals surface area contributed by atoms with Gasteiger partial charge in [0.15, 0.2) is 0 Å². The van der Waals surface area contributed by atoms with Gasteiger partial charge in [0.1, 0.15) is 4.21 Å². The van der Waals surface area contributed by atoms with Crippen LogP contribution < -0.4 is 5.32 Å². The van der Waals surface area contributed by atoms with E-state index in [0.717, 1.165) is 4.88 Å². The molecule has 0 radical (unpaired) electrons. The van der Waals surface area contributed by atoms with Crippen LogP contribution in [-0.4, -0.2) is 46.6 Å². The van der Waals surface area contributed by atoms with E-state index < -0.39 is 10.0 Å². The molecule has 1 N–H and O–H groups in total. The molecule has 0 aromatic carbocycles. The van der Waals surface area contributed by atoms with Crippen LogP contribution in [0.5, 0.6) is 0 Å². The summed E-state index contributed by atoms with van der Waals surface area (Å²) in [5, 5.41) is 3.00. The van der Waals surface area contributed by atoms with Crippen molar-refractivity contribution in [3.8, 4) is 0 Å². The lowest BCUT2D eigenvalue weighted by molar-refractivity contribution is 0.138. The lowest BCUT2D eigenvalue weighted by Crippen LogP contribution is -2.29. The van der Waals surface area contributed by atoms with Crippen LogP contribution in [0, 0.1) is 0 Å². The van der Waals surface area contributed by atoms with E-state index in [2.05, 4.69) is 5.32 Å². The van der Waals surface area contributed by atoms with Crippen molar-refractivity contribution < 1.29 is 13.2 Å². The Hall–Kier alpha value is -0.470. The molecule has 0 amide bonds. The summed E-state index contributed by atoms with van der Waals surface area (Å²) in [6, 6.07) is 3.49. The molecule has 0 spiro atoms. The Labute approximate surface area is 113 Å². The number of nitrogens with one attached hydrogen (secondary N) is 1. The first-order valence-electron chi connectivity index (χ1n) is 5.79. The zero-order valence-corrected chi connectivity index (χ0v) is 12.6. The van der Waals surface area contributed by atoms with Gasteiger partial charge in [-0.25, -0.2) is 8.42 Å². The zero-order valence-electron chi connectivity index (χ0n) is 11.0. The molecule has 7 heteroatoms. The van der Waals surface area contributed by atoms with Gasteiger partial charge >= 0.3 is 0 Å². The van der Waals surface area contributed by atoms with Gasteiger partial charge in [0.05, 0.1) is 6.61 Å². The van der Waals surface area contributed by atoms with E-state index >= 15 is 0 Å². The Balaban J connectivity index is 2.71. The highest BCUT2D eigenvalue weighted by Crippen LogP contribution is 2.24. The van der Waals surface area contributed by atoms with Crippen molar-refractivity contribution in [2.45, 2.75) is 17.7 Å². The predicted octanol–water partition coefficient (Wildman–Crippen LogP) is 1.12. The maximum absolute atomic E-state index is 12.2. The van der Waals surface area contributed by atoms with Crippen LogP contribution in [0.1, 0.15) is 11.8 Å². The van der Waals surface area contributed by atoms with Gasteiger partial charge in [-0.05, 0) is 26.1 Å². The first-order chi connectivity index (χ1) is 8.52. The molecule has 0 aliphatic rings. The summed E-state index contributed by atoms with van der Waals surface area (Å²) in [4.78, 5) is 1.01. The first-order valence-corrected chi connectivity index (χ1v) is 8.05. The van der Waals surface area contributed by atoms with Crippen molar-refractivity contribution in [1.29, 1.82) is 0 Å². The van der Waals surface area contributed by atoms with E-state index in [1.165, 1.54) is 15.6 Å². The number of sulfonamides is 1. The van der Waals surface area contributed by atoms with Crippen LogP contribution in [0.3, 0.4) is 0 Å². The maximum Gasteiger partial charge on any atom is 0.252 e. The van der Waals surface area contributed by atoms with Gasteiger partial charge in [-0.2, -0.15) is 4.31 Å². The largest absolute Gasteiger partial charge is 0.380 e. The minimum absolute atomic E-state index is 0.370. The molecule has 0 aliphatic heterocycles. The molecule has 0 unspecified atom stereocenters. The van der Waals surface area contributed by atoms with Gasteiger partial charge in [-0.1, -0.05) is 0 Å². The van der Waals surface area contributed by atoms with Gasteiger partial charge in [-0.3, -0.25) is 0 Å². The molecule has 1 rings (SSSR count). The average Bonchev–Trinajstić information content (AvgIpc) is 2.79. The summed E-state index contributed by atoms with van der Waals surface area (Å²) >= 11 is 1.30. The summed E-state index contributed by atoms with van der Waals surface area (Å²) in [6.07, 6.45) is 0. The third-order valence-electron chi connectivity index (χ3n) is 2.41. The molecular formula is C11H20N2O3S2. The van der Waals surface area contributed by atoms with Crippen molar-refractivity contribution >= 4 is 21.4 Å². The van der Waals surface area contributed by atoms with Crippen molar-refractivity contribution in [3.63, 3.8) is 0 Å². The Morgan fingerprint density at radius 1 is 1.44 bits per heavy atom. The third-order valence-corrected chi connectivity index (χ3v) is 5.82. The molecule has 0 aliphatic carbocycles. The summed E-state index contributed by atoms with van der Waals surface area (Å²) in [5.41, 5.74) is 0. The van der Waals surface area contributed by atoms with Gasteiger partial charge < -0.3 is 10.1 Å². The van der Waals surface area contributed by atoms with E-state index in [1.807, 2.05) is 20.0 Å². The Bertz CT molecular complexity index is 457. The second-order valence-electron chi connectivity index (χ2n) is 3.77. The molecule has 0 atom stereocenters. The van der Waals surface area contributed by atoms with Gasteiger partial charge in [0.25, 0.3) is 10.0 Å². The lowest BCUT2D eigenvalue weighted by atomic mass is 10.5. The fourth-order valence-electron chi connectivity index (χ4n) is 1.38. The molecule has 104 valence electrons. The number of ether oxygens (including phenoxy) is 1. The number of hydrogen-bond donors (Lipinski definition) is 1. The molecular weight excluding hydrogens is 272 g/mol. The number of rotatable bonds is 8. The Morgan fingerprint density at radius 2 is 2.17 bits per heavy atom. The highest BCUT2D eigenvalue weighted by atomic mass is 32.2. The van der Waals surface area contributed by atoms with Crippen LogP contribution in [0.2, 0.25) is 0 Å². The quantitative estimate of drug-likeness (QED) is 0.730. The highest BCUT2D eigenvalue weighted by Gasteiger charge is 2.22. The standard InChI is InChI=1S/C11H20N2O3S2/c1-4-16-8-7-13(3)18(14,15)11-6-5-10(17-11)9-12-2/h5-6,12H,4,7-9H2,1-3H3. The Morgan fingerprint density at radius 3 is 2.78 bits per heavy atom. The molecule has 1 aromatic heterocycles. The van der Waals surface area contributed by atoms with E-state index in [9.17, 15) is 8.42 Å². The van der Waals surface area contributed by atoms with Crippen molar-refractivity contribution in [2.24, 2.45) is 0 Å². The number of thiophene rings is 1. The topological polar surface area (TPSA) is 58.6 Å². The fraction of sp³-hybridized carbons (Fsp3) is 0.636. The second-order valence-corrected chi connectivity index (χ2v) is 7.21. The normalized spacial score (nSPS) is 12.2. The van der Waals surface area contributed by atoms with Crippen LogP contribution in [0.25, 0.3) is 0 Å². The fourth-order valence-corrected chi connectivity index (χ4v) is 4.11. The predicted molar refractivity (Wildman–Crippen MR) is 73.4 cm³/mol. The molecule has 0 fully saturated rings. The van der Waals surface area contributed by atoms with Gasteiger partial charge in [0, 0.05) is 31.6 Å². The van der Waals surface area contributed by atoms with Crippen LogP contribution in [-0.2, 0) is 21.3 Å². The Kier molecular flexibility index (Phi) is 6.24. The van der Waals surface area contributed by atoms with Crippen LogP contribution in [0.15, 0.2) is 16.3 Å². The van der Waals surface area contributed by atoms with E-state index in [4.69, 9.17) is 4.74 Å². The third kappa shape index (κ3) is 4.03. The summed E-state index contributed by atoms with van der Waals surface area (Å²) < 4.78 is 31.3. The average molecular weight is 292 g/mol. The molecule has 0 bridgehead atoms. The van der Waals surface area contributed by atoms with Crippen molar-refractivity contribution in [2.75, 3.05) is 33.9 Å². The molecule has 1 heterocycles. The monoisotopic (exact) mass is 292 g/mol. The van der Waals surface area contributed by atoms with E-state index in [-0.39, 0.29) is 0 Å². The summed E-state index contributed by atoms with van der Waals surface area (Å²) in [5.74, 6) is 0. The number of hydrogen-bond acceptors (Lipinski definition) is 5. The number of nitrogens with zero attached hydrogens (tertiary/aromatic N) is 1. The minimum Gasteiger partial charge on any atom is -0.380 e. The maximum atomic E-state index is 12.2. The van der Waals surface area contributed by atoms with Crippen LogP contribution >= 0.6 is 11.3 Å². The summed E-state index contributed by atoms with van der Waals surface area (Å²) in [6.45, 7) is 3.95. The smallest absolute Gasteiger partial charge is 0.252 e. The SMILES string of the molecule is CCOCCN(C)S(=O)(=O)c1ccc(CNC)s1. The molecule has 18 heavy (non-hydrogen) atoms. The lowest BCUT2D eigenvalue weighted by Gasteiger charge is -2.15. The molecule has 0 saturated carbocycles. The second kappa shape index (κ2) is 7.20. The van der Waals surface area contributed by atoms with Crippen molar-refractivity contribution in [1.82, 2.24) is 9.62 Å². The van der Waals surface area contributed by atoms with E-state index in [0.29, 0.717) is 30.5 Å². The van der Waals surface area contributed by atoms with Crippen LogP contribution in [0.4, 0.5) is 0 Å². The van der Waals surface area contributed by atoms with Gasteiger partial charge in [0.2, 0.25) is 0 Å². The summed E-state index contributed by atoms with van der Waals surface area (Å²) in [7, 11) is 0.0378. The zero-order chi connectivity index (χ0) is 13.6. The van der Waals surface area contributed by atoms with E-state index in [1.54, 1.807) is 13.1 Å². The first kappa shape index (κ1) is 15.6. The molecule has 1 aromatic rings. The number of likely N-dealkylation sites (N-methyl/N-ethyl adjacent to an activating group) is 1. The van der Waals surface area contributed by atoms with Gasteiger partial charge in [-0.15, -0.1) is 11.3 Å².